The van der Waals surface area contributed by atoms with Crippen LogP contribution >= 0.6 is 0 Å². The lowest BCUT2D eigenvalue weighted by Gasteiger charge is -2.19. The van der Waals surface area contributed by atoms with Crippen molar-refractivity contribution >= 4 is 0 Å². The molecule has 0 aliphatic heterocycles. The lowest BCUT2D eigenvalue weighted by atomic mass is 10.2. The molecule has 0 radical (unpaired) electrons. The zero-order valence-electron chi connectivity index (χ0n) is 11.5. The summed E-state index contributed by atoms with van der Waals surface area (Å²) in [5, 5.41) is 3.54. The van der Waals surface area contributed by atoms with Gasteiger partial charge in [-0.2, -0.15) is 0 Å². The Labute approximate surface area is 110 Å². The van der Waals surface area contributed by atoms with Crippen LogP contribution in [0.2, 0.25) is 0 Å². The van der Waals surface area contributed by atoms with Gasteiger partial charge in [0.1, 0.15) is 5.76 Å². The van der Waals surface area contributed by atoms with E-state index < -0.39 is 0 Å². The molecule has 0 saturated heterocycles. The van der Waals surface area contributed by atoms with Crippen LogP contribution < -0.4 is 5.32 Å². The van der Waals surface area contributed by atoms with Crippen molar-refractivity contribution in [3.05, 3.63) is 35.8 Å². The molecule has 3 nitrogen and oxygen atoms in total. The van der Waals surface area contributed by atoms with Gasteiger partial charge >= 0.3 is 0 Å². The zero-order valence-corrected chi connectivity index (χ0v) is 11.5. The molecule has 0 unspecified atom stereocenters. The molecule has 1 aromatic heterocycles. The van der Waals surface area contributed by atoms with Crippen molar-refractivity contribution in [2.24, 2.45) is 0 Å². The largest absolute Gasteiger partial charge is 0.468 e. The van der Waals surface area contributed by atoms with E-state index in [4.69, 9.17) is 4.42 Å². The number of likely N-dealkylation sites (N-methyl/N-ethyl adjacent to an activating group) is 1. The Bertz CT molecular complexity index is 393. The van der Waals surface area contributed by atoms with E-state index in [0.717, 1.165) is 38.0 Å². The minimum atomic E-state index is 0.741. The first-order valence-electron chi connectivity index (χ1n) is 6.84. The minimum Gasteiger partial charge on any atom is -0.468 e. The lowest BCUT2D eigenvalue weighted by Crippen LogP contribution is -2.25. The fourth-order valence-electron chi connectivity index (χ4n) is 2.07. The molecule has 100 valence electrons. The normalized spacial score (nSPS) is 15.3. The van der Waals surface area contributed by atoms with E-state index in [1.165, 1.54) is 24.0 Å². The van der Waals surface area contributed by atoms with Crippen molar-refractivity contribution in [2.45, 2.75) is 45.8 Å². The molecule has 0 atom stereocenters. The van der Waals surface area contributed by atoms with E-state index >= 15 is 0 Å². The summed E-state index contributed by atoms with van der Waals surface area (Å²) in [6.45, 7) is 12.0. The Morgan fingerprint density at radius 1 is 1.56 bits per heavy atom. The third kappa shape index (κ3) is 4.00. The second-order valence-electron chi connectivity index (χ2n) is 5.28. The first kappa shape index (κ1) is 13.4. The molecule has 1 aliphatic carbocycles. The van der Waals surface area contributed by atoms with Crippen LogP contribution in [0.15, 0.2) is 28.9 Å². The molecule has 1 saturated carbocycles. The molecule has 0 aromatic carbocycles. The van der Waals surface area contributed by atoms with Crippen molar-refractivity contribution in [2.75, 3.05) is 13.1 Å². The Morgan fingerprint density at radius 3 is 2.94 bits per heavy atom. The summed E-state index contributed by atoms with van der Waals surface area (Å²) < 4.78 is 5.62. The Kier molecular flexibility index (Phi) is 4.61. The number of nitrogens with zero attached hydrogens (tertiary/aromatic N) is 1. The second kappa shape index (κ2) is 6.21. The fraction of sp³-hybridized carbons (Fsp3) is 0.600. The van der Waals surface area contributed by atoms with Crippen LogP contribution in [0.25, 0.3) is 0 Å². The van der Waals surface area contributed by atoms with Crippen molar-refractivity contribution in [3.8, 4) is 0 Å². The molecule has 1 fully saturated rings. The summed E-state index contributed by atoms with van der Waals surface area (Å²) in [6, 6.07) is 2.82. The maximum absolute atomic E-state index is 5.62. The van der Waals surface area contributed by atoms with Gasteiger partial charge in [0.2, 0.25) is 0 Å². The van der Waals surface area contributed by atoms with Crippen LogP contribution in [-0.4, -0.2) is 24.0 Å². The number of furan rings is 1. The van der Waals surface area contributed by atoms with Crippen molar-refractivity contribution in [1.29, 1.82) is 0 Å². The van der Waals surface area contributed by atoms with Gasteiger partial charge in [0.25, 0.3) is 0 Å². The van der Waals surface area contributed by atoms with Crippen molar-refractivity contribution < 1.29 is 4.42 Å². The molecule has 18 heavy (non-hydrogen) atoms. The van der Waals surface area contributed by atoms with E-state index in [2.05, 4.69) is 36.7 Å². The maximum Gasteiger partial charge on any atom is 0.122 e. The van der Waals surface area contributed by atoms with Gasteiger partial charge in [0, 0.05) is 24.7 Å². The maximum atomic E-state index is 5.62. The number of hydrogen-bond acceptors (Lipinski definition) is 3. The fourth-order valence-corrected chi connectivity index (χ4v) is 2.07. The standard InChI is InChI=1S/C15H24N2O/c1-4-17(10-12(2)3)11-15-13(7-8-18-15)9-16-14-5-6-14/h7-8,14,16H,2,4-6,9-11H2,1,3H3. The van der Waals surface area contributed by atoms with E-state index in [1.807, 2.05) is 0 Å². The third-order valence-corrected chi connectivity index (χ3v) is 3.30. The molecular formula is C15H24N2O. The van der Waals surface area contributed by atoms with Crippen LogP contribution in [0, 0.1) is 0 Å². The first-order valence-corrected chi connectivity index (χ1v) is 6.84. The van der Waals surface area contributed by atoms with Gasteiger partial charge in [-0.15, -0.1) is 0 Å². The van der Waals surface area contributed by atoms with Gasteiger partial charge in [0.05, 0.1) is 12.8 Å². The highest BCUT2D eigenvalue weighted by Crippen LogP contribution is 2.21. The molecule has 3 heteroatoms. The molecule has 1 N–H and O–H groups in total. The average Bonchev–Trinajstić information content (AvgIpc) is 3.06. The summed E-state index contributed by atoms with van der Waals surface area (Å²) in [5.74, 6) is 1.09. The molecule has 1 aromatic rings. The van der Waals surface area contributed by atoms with Crippen molar-refractivity contribution in [3.63, 3.8) is 0 Å². The molecule has 0 bridgehead atoms. The topological polar surface area (TPSA) is 28.4 Å². The molecule has 1 aliphatic rings. The van der Waals surface area contributed by atoms with E-state index in [-0.39, 0.29) is 0 Å². The van der Waals surface area contributed by atoms with E-state index in [9.17, 15) is 0 Å². The van der Waals surface area contributed by atoms with Gasteiger partial charge in [-0.1, -0.05) is 19.1 Å². The highest BCUT2D eigenvalue weighted by molar-refractivity contribution is 5.17. The Morgan fingerprint density at radius 2 is 2.33 bits per heavy atom. The monoisotopic (exact) mass is 248 g/mol. The first-order chi connectivity index (χ1) is 8.69. The average molecular weight is 248 g/mol. The molecular weight excluding hydrogens is 224 g/mol. The summed E-state index contributed by atoms with van der Waals surface area (Å²) >= 11 is 0. The summed E-state index contributed by atoms with van der Waals surface area (Å²) in [6.07, 6.45) is 4.45. The van der Waals surface area contributed by atoms with E-state index in [1.54, 1.807) is 6.26 Å². The Hall–Kier alpha value is -1.06. The summed E-state index contributed by atoms with van der Waals surface area (Å²) in [4.78, 5) is 2.35. The second-order valence-corrected chi connectivity index (χ2v) is 5.28. The molecule has 1 heterocycles. The van der Waals surface area contributed by atoms with Gasteiger partial charge in [-0.3, -0.25) is 4.90 Å². The summed E-state index contributed by atoms with van der Waals surface area (Å²) in [7, 11) is 0. The van der Waals surface area contributed by atoms with Gasteiger partial charge in [-0.05, 0) is 32.4 Å². The van der Waals surface area contributed by atoms with Crippen LogP contribution in [-0.2, 0) is 13.1 Å². The van der Waals surface area contributed by atoms with E-state index in [0.29, 0.717) is 0 Å². The summed E-state index contributed by atoms with van der Waals surface area (Å²) in [5.41, 5.74) is 2.49. The Balaban J connectivity index is 1.89. The smallest absolute Gasteiger partial charge is 0.122 e. The van der Waals surface area contributed by atoms with Gasteiger partial charge < -0.3 is 9.73 Å². The molecule has 2 rings (SSSR count). The van der Waals surface area contributed by atoms with Gasteiger partial charge in [0.15, 0.2) is 0 Å². The van der Waals surface area contributed by atoms with Crippen LogP contribution in [0.5, 0.6) is 0 Å². The van der Waals surface area contributed by atoms with Crippen molar-refractivity contribution in [1.82, 2.24) is 10.2 Å². The van der Waals surface area contributed by atoms with Crippen LogP contribution in [0.3, 0.4) is 0 Å². The number of hydrogen-bond donors (Lipinski definition) is 1. The van der Waals surface area contributed by atoms with Crippen LogP contribution in [0.4, 0.5) is 0 Å². The minimum absolute atomic E-state index is 0.741. The highest BCUT2D eigenvalue weighted by atomic mass is 16.3. The SMILES string of the molecule is C=C(C)CN(CC)Cc1occc1CNC1CC1. The number of nitrogens with one attached hydrogen (secondary N) is 1. The highest BCUT2D eigenvalue weighted by Gasteiger charge is 2.21. The predicted molar refractivity (Wildman–Crippen MR) is 74.3 cm³/mol. The molecule has 0 amide bonds. The zero-order chi connectivity index (χ0) is 13.0. The quantitative estimate of drug-likeness (QED) is 0.717. The predicted octanol–water partition coefficient (Wildman–Crippen LogP) is 2.93. The van der Waals surface area contributed by atoms with Gasteiger partial charge in [-0.25, -0.2) is 0 Å². The third-order valence-electron chi connectivity index (χ3n) is 3.30. The lowest BCUT2D eigenvalue weighted by molar-refractivity contribution is 0.274. The van der Waals surface area contributed by atoms with Crippen LogP contribution in [0.1, 0.15) is 38.0 Å². The number of rotatable bonds is 8. The molecule has 0 spiro atoms.